The summed E-state index contributed by atoms with van der Waals surface area (Å²) in [7, 11) is 3.68. The van der Waals surface area contributed by atoms with Crippen LogP contribution >= 0.6 is 0 Å². The van der Waals surface area contributed by atoms with E-state index in [4.69, 9.17) is 5.73 Å². The summed E-state index contributed by atoms with van der Waals surface area (Å²) >= 11 is 0. The van der Waals surface area contributed by atoms with Crippen LogP contribution in [0, 0.1) is 5.41 Å². The molecule has 2 saturated carbocycles. The monoisotopic (exact) mass is 182 g/mol. The Balaban J connectivity index is 2.20. The van der Waals surface area contributed by atoms with Crippen LogP contribution in [0.5, 0.6) is 0 Å². The predicted octanol–water partition coefficient (Wildman–Crippen LogP) is 0.736. The molecule has 0 atom stereocenters. The summed E-state index contributed by atoms with van der Waals surface area (Å²) in [4.78, 5) is 13.7. The van der Waals surface area contributed by atoms with Crippen molar-refractivity contribution in [2.75, 3.05) is 14.1 Å². The topological polar surface area (TPSA) is 46.3 Å². The summed E-state index contributed by atoms with van der Waals surface area (Å²) in [5.74, 6) is 0.289. The maximum Gasteiger partial charge on any atom is 0.228 e. The number of nitrogens with two attached hydrogens (primary N) is 1. The minimum atomic E-state index is -0.0851. The molecule has 0 aromatic carbocycles. The van der Waals surface area contributed by atoms with E-state index in [0.717, 1.165) is 32.1 Å². The largest absolute Gasteiger partial charge is 0.348 e. The number of carbonyl (C=O) groups excluding carboxylic acids is 1. The Morgan fingerprint density at radius 3 is 2.08 bits per heavy atom. The van der Waals surface area contributed by atoms with Crippen molar-refractivity contribution in [2.24, 2.45) is 11.1 Å². The van der Waals surface area contributed by atoms with Gasteiger partial charge in [0.2, 0.25) is 5.91 Å². The first-order valence-corrected chi connectivity index (χ1v) is 4.98. The van der Waals surface area contributed by atoms with Gasteiger partial charge in [-0.25, -0.2) is 0 Å². The highest BCUT2D eigenvalue weighted by molar-refractivity contribution is 5.83. The van der Waals surface area contributed by atoms with Crippen molar-refractivity contribution in [1.29, 1.82) is 0 Å². The molecule has 0 aromatic rings. The van der Waals surface area contributed by atoms with Gasteiger partial charge in [0.05, 0.1) is 5.41 Å². The number of amides is 1. The van der Waals surface area contributed by atoms with E-state index in [1.54, 1.807) is 4.90 Å². The van der Waals surface area contributed by atoms with Crippen LogP contribution in [0.4, 0.5) is 0 Å². The van der Waals surface area contributed by atoms with Gasteiger partial charge in [0.25, 0.3) is 0 Å². The number of hydrogen-bond donors (Lipinski definition) is 1. The van der Waals surface area contributed by atoms with E-state index < -0.39 is 0 Å². The maximum absolute atomic E-state index is 11.9. The van der Waals surface area contributed by atoms with E-state index in [1.165, 1.54) is 0 Å². The average molecular weight is 182 g/mol. The molecule has 0 aromatic heterocycles. The maximum atomic E-state index is 11.9. The molecule has 3 nitrogen and oxygen atoms in total. The highest BCUT2D eigenvalue weighted by atomic mass is 16.2. The highest BCUT2D eigenvalue weighted by Crippen LogP contribution is 2.55. The van der Waals surface area contributed by atoms with Crippen LogP contribution in [-0.4, -0.2) is 30.4 Å². The molecule has 2 rings (SSSR count). The van der Waals surface area contributed by atoms with Crippen LogP contribution in [-0.2, 0) is 4.79 Å². The van der Waals surface area contributed by atoms with E-state index in [2.05, 4.69) is 0 Å². The molecular formula is C10H18N2O. The molecule has 0 saturated heterocycles. The summed E-state index contributed by atoms with van der Waals surface area (Å²) in [5.41, 5.74) is 6.06. The van der Waals surface area contributed by atoms with Gasteiger partial charge in [0.1, 0.15) is 0 Å². The van der Waals surface area contributed by atoms with Crippen LogP contribution in [0.2, 0.25) is 0 Å². The lowest BCUT2D eigenvalue weighted by Gasteiger charge is -2.28. The molecule has 13 heavy (non-hydrogen) atoms. The van der Waals surface area contributed by atoms with Gasteiger partial charge in [-0.15, -0.1) is 0 Å². The summed E-state index contributed by atoms with van der Waals surface area (Å²) in [6.45, 7) is 0. The van der Waals surface area contributed by atoms with Crippen LogP contribution < -0.4 is 5.73 Å². The third-order valence-corrected chi connectivity index (χ3v) is 3.75. The number of carbonyl (C=O) groups is 1. The first-order valence-electron chi connectivity index (χ1n) is 4.98. The predicted molar refractivity (Wildman–Crippen MR) is 51.1 cm³/mol. The molecule has 3 heteroatoms. The molecule has 0 radical (unpaired) electrons. The van der Waals surface area contributed by atoms with E-state index >= 15 is 0 Å². The van der Waals surface area contributed by atoms with Crippen molar-refractivity contribution in [1.82, 2.24) is 4.90 Å². The first-order chi connectivity index (χ1) is 5.98. The molecule has 1 amide bonds. The van der Waals surface area contributed by atoms with Crippen LogP contribution in [0.3, 0.4) is 0 Å². The second kappa shape index (κ2) is 2.47. The molecule has 2 N–H and O–H groups in total. The van der Waals surface area contributed by atoms with Crippen LogP contribution in [0.15, 0.2) is 0 Å². The number of fused-ring (bicyclic) bond motifs is 2. The average Bonchev–Trinajstić information content (AvgIpc) is 2.57. The SMILES string of the molecule is CN(C)C(=O)C12CCC(N)(CC1)C2. The summed E-state index contributed by atoms with van der Waals surface area (Å²) in [6.07, 6.45) is 4.98. The summed E-state index contributed by atoms with van der Waals surface area (Å²) < 4.78 is 0. The Kier molecular flexibility index (Phi) is 1.71. The quantitative estimate of drug-likeness (QED) is 0.650. The molecule has 2 fully saturated rings. The lowest BCUT2D eigenvalue weighted by molar-refractivity contribution is -0.139. The standard InChI is InChI=1S/C10H18N2O/c1-12(2)8(13)9-3-5-10(11,7-9)6-4-9/h3-7,11H2,1-2H3. The highest BCUT2D eigenvalue weighted by Gasteiger charge is 2.56. The summed E-state index contributed by atoms with van der Waals surface area (Å²) in [5, 5.41) is 0. The van der Waals surface area contributed by atoms with Crippen molar-refractivity contribution >= 4 is 5.91 Å². The number of rotatable bonds is 1. The molecule has 2 bridgehead atoms. The Bertz CT molecular complexity index is 239. The molecule has 74 valence electrons. The van der Waals surface area contributed by atoms with E-state index in [1.807, 2.05) is 14.1 Å². The van der Waals surface area contributed by atoms with Gasteiger partial charge in [-0.1, -0.05) is 0 Å². The molecule has 0 aliphatic heterocycles. The Morgan fingerprint density at radius 2 is 1.77 bits per heavy atom. The zero-order valence-corrected chi connectivity index (χ0v) is 8.47. The van der Waals surface area contributed by atoms with Crippen molar-refractivity contribution < 1.29 is 4.79 Å². The van der Waals surface area contributed by atoms with Crippen molar-refractivity contribution in [2.45, 2.75) is 37.6 Å². The first kappa shape index (κ1) is 9.00. The van der Waals surface area contributed by atoms with Gasteiger partial charge in [0.15, 0.2) is 0 Å². The fraction of sp³-hybridized carbons (Fsp3) is 0.900. The molecular weight excluding hydrogens is 164 g/mol. The van der Waals surface area contributed by atoms with E-state index in [-0.39, 0.29) is 16.9 Å². The van der Waals surface area contributed by atoms with Gasteiger partial charge in [-0.2, -0.15) is 0 Å². The fourth-order valence-corrected chi connectivity index (χ4v) is 3.02. The Morgan fingerprint density at radius 1 is 1.23 bits per heavy atom. The van der Waals surface area contributed by atoms with Gasteiger partial charge >= 0.3 is 0 Å². The Labute approximate surface area is 79.3 Å². The minimum absolute atomic E-state index is 0.00826. The smallest absolute Gasteiger partial charge is 0.228 e. The molecule has 0 unspecified atom stereocenters. The van der Waals surface area contributed by atoms with Gasteiger partial charge in [-0.3, -0.25) is 4.79 Å². The molecule has 2 aliphatic rings. The van der Waals surface area contributed by atoms with Crippen LogP contribution in [0.1, 0.15) is 32.1 Å². The van der Waals surface area contributed by atoms with Crippen molar-refractivity contribution in [3.05, 3.63) is 0 Å². The third kappa shape index (κ3) is 1.17. The normalized spacial score (nSPS) is 42.4. The second-order valence-electron chi connectivity index (χ2n) is 5.02. The van der Waals surface area contributed by atoms with Gasteiger partial charge in [-0.05, 0) is 32.1 Å². The van der Waals surface area contributed by atoms with Crippen LogP contribution in [0.25, 0.3) is 0 Å². The molecule has 0 heterocycles. The van der Waals surface area contributed by atoms with Gasteiger partial charge in [0, 0.05) is 19.6 Å². The number of nitrogens with zero attached hydrogens (tertiary/aromatic N) is 1. The molecule has 2 aliphatic carbocycles. The lowest BCUT2D eigenvalue weighted by Crippen LogP contribution is -2.37. The number of hydrogen-bond acceptors (Lipinski definition) is 2. The minimum Gasteiger partial charge on any atom is -0.348 e. The van der Waals surface area contributed by atoms with E-state index in [9.17, 15) is 4.79 Å². The summed E-state index contributed by atoms with van der Waals surface area (Å²) in [6, 6.07) is 0. The zero-order valence-electron chi connectivity index (χ0n) is 8.47. The van der Waals surface area contributed by atoms with Crippen molar-refractivity contribution in [3.63, 3.8) is 0 Å². The third-order valence-electron chi connectivity index (χ3n) is 3.75. The second-order valence-corrected chi connectivity index (χ2v) is 5.02. The lowest BCUT2D eigenvalue weighted by atomic mass is 9.83. The van der Waals surface area contributed by atoms with Crippen molar-refractivity contribution in [3.8, 4) is 0 Å². The fourth-order valence-electron chi connectivity index (χ4n) is 3.02. The van der Waals surface area contributed by atoms with E-state index in [0.29, 0.717) is 0 Å². The zero-order chi connectivity index (χ0) is 9.69. The van der Waals surface area contributed by atoms with Gasteiger partial charge < -0.3 is 10.6 Å². The Hall–Kier alpha value is -0.570. The molecule has 0 spiro atoms.